The molecule has 3 nitrogen and oxygen atoms in total. The van der Waals surface area contributed by atoms with E-state index in [9.17, 15) is 13.2 Å². The Morgan fingerprint density at radius 1 is 1.26 bits per heavy atom. The molecule has 2 rings (SSSR count). The van der Waals surface area contributed by atoms with E-state index in [1.807, 2.05) is 0 Å². The second-order valence-electron chi connectivity index (χ2n) is 4.63. The van der Waals surface area contributed by atoms with Crippen LogP contribution in [0.15, 0.2) is 24.3 Å². The second-order valence-corrected chi connectivity index (χ2v) is 4.63. The number of hydrogen-bond donors (Lipinski definition) is 2. The zero-order chi connectivity index (χ0) is 13.9. The summed E-state index contributed by atoms with van der Waals surface area (Å²) in [5.74, 6) is -4.04. The molecule has 1 aromatic rings. The van der Waals surface area contributed by atoms with E-state index in [-0.39, 0.29) is 5.56 Å². The Morgan fingerprint density at radius 2 is 1.89 bits per heavy atom. The van der Waals surface area contributed by atoms with Crippen LogP contribution in [0, 0.1) is 5.82 Å². The van der Waals surface area contributed by atoms with Crippen molar-refractivity contribution in [2.24, 2.45) is 0 Å². The molecule has 0 saturated carbocycles. The normalized spacial score (nSPS) is 19.4. The molecule has 0 unspecified atom stereocenters. The van der Waals surface area contributed by atoms with Gasteiger partial charge in [-0.25, -0.2) is 13.2 Å². The molecule has 1 aliphatic rings. The average molecular weight is 274 g/mol. The van der Waals surface area contributed by atoms with Gasteiger partial charge in [0.25, 0.3) is 5.92 Å². The summed E-state index contributed by atoms with van der Waals surface area (Å²) in [6, 6.07) is 4.08. The van der Waals surface area contributed by atoms with Crippen LogP contribution in [0.3, 0.4) is 0 Å². The van der Waals surface area contributed by atoms with Crippen molar-refractivity contribution < 1.29 is 18.3 Å². The molecule has 1 fully saturated rings. The predicted molar refractivity (Wildman–Crippen MR) is 65.6 cm³/mol. The van der Waals surface area contributed by atoms with Crippen molar-refractivity contribution in [3.8, 4) is 0 Å². The number of aliphatic hydroxyl groups is 1. The minimum absolute atomic E-state index is 0.0662. The van der Waals surface area contributed by atoms with Crippen LogP contribution >= 0.6 is 0 Å². The van der Waals surface area contributed by atoms with E-state index in [2.05, 4.69) is 5.32 Å². The summed E-state index contributed by atoms with van der Waals surface area (Å²) in [5.41, 5.74) is -0.0662. The Labute approximate surface area is 110 Å². The van der Waals surface area contributed by atoms with Gasteiger partial charge in [0, 0.05) is 31.7 Å². The number of rotatable bonds is 4. The first kappa shape index (κ1) is 14.3. The highest BCUT2D eigenvalue weighted by atomic mass is 19.3. The van der Waals surface area contributed by atoms with Crippen LogP contribution in [-0.2, 0) is 0 Å². The first-order valence-corrected chi connectivity index (χ1v) is 6.24. The number of hydrogen-bond acceptors (Lipinski definition) is 3. The van der Waals surface area contributed by atoms with Crippen molar-refractivity contribution in [2.75, 3.05) is 32.8 Å². The van der Waals surface area contributed by atoms with Gasteiger partial charge in [0.1, 0.15) is 18.5 Å². The second kappa shape index (κ2) is 5.90. The Hall–Kier alpha value is -1.11. The molecule has 106 valence electrons. The van der Waals surface area contributed by atoms with Gasteiger partial charge in [-0.3, -0.25) is 4.90 Å². The third kappa shape index (κ3) is 3.08. The Balaban J connectivity index is 2.36. The van der Waals surface area contributed by atoms with Crippen molar-refractivity contribution in [1.82, 2.24) is 10.2 Å². The van der Waals surface area contributed by atoms with Crippen LogP contribution in [-0.4, -0.2) is 48.7 Å². The summed E-state index contributed by atoms with van der Waals surface area (Å²) >= 11 is 0. The van der Waals surface area contributed by atoms with Crippen LogP contribution in [0.2, 0.25) is 0 Å². The molecule has 1 saturated heterocycles. The topological polar surface area (TPSA) is 35.5 Å². The minimum Gasteiger partial charge on any atom is -0.390 e. The van der Waals surface area contributed by atoms with Gasteiger partial charge in [-0.1, -0.05) is 18.2 Å². The highest BCUT2D eigenvalue weighted by Gasteiger charge is 2.45. The summed E-state index contributed by atoms with van der Waals surface area (Å²) in [5, 5.41) is 12.0. The molecular formula is C13H17F3N2O. The van der Waals surface area contributed by atoms with Crippen LogP contribution < -0.4 is 5.32 Å². The fourth-order valence-corrected chi connectivity index (χ4v) is 2.41. The highest BCUT2D eigenvalue weighted by Crippen LogP contribution is 2.37. The van der Waals surface area contributed by atoms with Crippen LogP contribution in [0.1, 0.15) is 11.6 Å². The number of halogens is 3. The van der Waals surface area contributed by atoms with Gasteiger partial charge in [0.05, 0.1) is 0 Å². The van der Waals surface area contributed by atoms with Gasteiger partial charge >= 0.3 is 0 Å². The Morgan fingerprint density at radius 3 is 2.47 bits per heavy atom. The third-order valence-corrected chi connectivity index (χ3v) is 3.33. The Kier molecular flexibility index (Phi) is 4.44. The minimum atomic E-state index is -3.38. The summed E-state index contributed by atoms with van der Waals surface area (Å²) in [7, 11) is 0. The first-order valence-electron chi connectivity index (χ1n) is 6.24. The van der Waals surface area contributed by atoms with Crippen molar-refractivity contribution in [3.05, 3.63) is 35.6 Å². The molecule has 1 atom stereocenters. The van der Waals surface area contributed by atoms with E-state index < -0.39 is 24.4 Å². The lowest BCUT2D eigenvalue weighted by atomic mass is 9.97. The summed E-state index contributed by atoms with van der Waals surface area (Å²) in [6.07, 6.45) is 0. The van der Waals surface area contributed by atoms with Crippen molar-refractivity contribution in [3.63, 3.8) is 0 Å². The molecular weight excluding hydrogens is 257 g/mol. The number of nitrogens with zero attached hydrogens (tertiary/aromatic N) is 1. The lowest BCUT2D eigenvalue weighted by Crippen LogP contribution is -2.51. The van der Waals surface area contributed by atoms with E-state index >= 15 is 0 Å². The molecule has 2 N–H and O–H groups in total. The third-order valence-electron chi connectivity index (χ3n) is 3.33. The van der Waals surface area contributed by atoms with Gasteiger partial charge in [-0.15, -0.1) is 0 Å². The highest BCUT2D eigenvalue weighted by molar-refractivity contribution is 5.24. The monoisotopic (exact) mass is 274 g/mol. The molecule has 1 aliphatic heterocycles. The maximum absolute atomic E-state index is 14.0. The lowest BCUT2D eigenvalue weighted by molar-refractivity contribution is -0.119. The molecule has 6 heteroatoms. The fraction of sp³-hybridized carbons (Fsp3) is 0.538. The smallest absolute Gasteiger partial charge is 0.290 e. The summed E-state index contributed by atoms with van der Waals surface area (Å²) in [4.78, 5) is 1.52. The molecule has 0 spiro atoms. The molecule has 19 heavy (non-hydrogen) atoms. The van der Waals surface area contributed by atoms with Crippen LogP contribution in [0.5, 0.6) is 0 Å². The van der Waals surface area contributed by atoms with Gasteiger partial charge in [-0.2, -0.15) is 0 Å². The molecule has 1 heterocycles. The number of nitrogens with one attached hydrogen (secondary N) is 1. The van der Waals surface area contributed by atoms with Crippen LogP contribution in [0.4, 0.5) is 13.2 Å². The van der Waals surface area contributed by atoms with Crippen molar-refractivity contribution in [2.45, 2.75) is 12.0 Å². The maximum atomic E-state index is 14.0. The Bertz CT molecular complexity index is 422. The fourth-order valence-electron chi connectivity index (χ4n) is 2.41. The lowest BCUT2D eigenvalue weighted by Gasteiger charge is -2.38. The van der Waals surface area contributed by atoms with E-state index in [1.54, 1.807) is 0 Å². The predicted octanol–water partition coefficient (Wildman–Crippen LogP) is 1.40. The maximum Gasteiger partial charge on any atom is 0.290 e. The number of benzene rings is 1. The standard InChI is InChI=1S/C13H17F3N2O/c14-11-4-2-1-3-10(11)12(13(15,16)9-19)18-7-5-17-6-8-18/h1-4,12,17,19H,5-9H2/t12-/m0/s1. The summed E-state index contributed by atoms with van der Waals surface area (Å²) < 4.78 is 41.8. The van der Waals surface area contributed by atoms with Gasteiger partial charge in [0.2, 0.25) is 0 Å². The van der Waals surface area contributed by atoms with Gasteiger partial charge in [0.15, 0.2) is 0 Å². The molecule has 0 bridgehead atoms. The quantitative estimate of drug-likeness (QED) is 0.871. The summed E-state index contributed by atoms with van der Waals surface area (Å²) in [6.45, 7) is 0.651. The zero-order valence-electron chi connectivity index (χ0n) is 10.5. The average Bonchev–Trinajstić information content (AvgIpc) is 2.42. The first-order chi connectivity index (χ1) is 9.06. The molecule has 0 aromatic heterocycles. The number of aliphatic hydroxyl groups excluding tert-OH is 1. The van der Waals surface area contributed by atoms with E-state index in [0.29, 0.717) is 26.2 Å². The SMILES string of the molecule is OCC(F)(F)[C@H](c1ccccc1F)N1CCNCC1. The molecule has 0 amide bonds. The van der Waals surface area contributed by atoms with Gasteiger partial charge in [-0.05, 0) is 6.07 Å². The van der Waals surface area contributed by atoms with Crippen molar-refractivity contribution in [1.29, 1.82) is 0 Å². The van der Waals surface area contributed by atoms with E-state index in [0.717, 1.165) is 6.07 Å². The number of alkyl halides is 2. The largest absolute Gasteiger partial charge is 0.390 e. The van der Waals surface area contributed by atoms with E-state index in [4.69, 9.17) is 5.11 Å². The number of piperazine rings is 1. The molecule has 0 aliphatic carbocycles. The van der Waals surface area contributed by atoms with Crippen molar-refractivity contribution >= 4 is 0 Å². The molecule has 1 aromatic carbocycles. The van der Waals surface area contributed by atoms with Crippen LogP contribution in [0.25, 0.3) is 0 Å². The molecule has 0 radical (unpaired) electrons. The van der Waals surface area contributed by atoms with Gasteiger partial charge < -0.3 is 10.4 Å². The zero-order valence-corrected chi connectivity index (χ0v) is 10.5. The van der Waals surface area contributed by atoms with E-state index in [1.165, 1.54) is 23.1 Å².